The predicted octanol–water partition coefficient (Wildman–Crippen LogP) is 9.42. The molecule has 6 nitrogen and oxygen atoms in total. The highest BCUT2D eigenvalue weighted by molar-refractivity contribution is 5.94. The molecule has 6 heteroatoms. The van der Waals surface area contributed by atoms with E-state index in [4.69, 9.17) is 0 Å². The highest BCUT2D eigenvalue weighted by Gasteiger charge is 2.31. The van der Waals surface area contributed by atoms with Crippen molar-refractivity contribution >= 4 is 23.6 Å². The maximum absolute atomic E-state index is 13.4. The van der Waals surface area contributed by atoms with E-state index < -0.39 is 0 Å². The van der Waals surface area contributed by atoms with E-state index in [1.165, 1.54) is 0 Å². The van der Waals surface area contributed by atoms with Crippen LogP contribution in [0.2, 0.25) is 0 Å². The van der Waals surface area contributed by atoms with Gasteiger partial charge in [-0.2, -0.15) is 0 Å². The van der Waals surface area contributed by atoms with Crippen molar-refractivity contribution in [2.45, 2.75) is 150 Å². The van der Waals surface area contributed by atoms with Gasteiger partial charge < -0.3 is 20.4 Å². The minimum absolute atomic E-state index is 0.0439. The number of phenolic OH excluding ortho intramolecular Hbond substituents is 2. The molecule has 0 spiro atoms. The summed E-state index contributed by atoms with van der Waals surface area (Å²) in [5.74, 6) is 0.482. The van der Waals surface area contributed by atoms with Gasteiger partial charge in [-0.1, -0.05) is 96.9 Å². The summed E-state index contributed by atoms with van der Waals surface area (Å²) in [5, 5.41) is 25.3. The van der Waals surface area contributed by atoms with Crippen LogP contribution in [-0.4, -0.2) is 34.6 Å². The van der Waals surface area contributed by atoms with E-state index in [0.29, 0.717) is 30.9 Å². The lowest BCUT2D eigenvalue weighted by Gasteiger charge is -2.35. The Kier molecular flexibility index (Phi) is 12.4. The molecule has 2 aromatic rings. The van der Waals surface area contributed by atoms with Gasteiger partial charge in [-0.15, -0.1) is 0 Å². The Bertz CT molecular complexity index is 1340. The average Bonchev–Trinajstić information content (AvgIpc) is 2.91. The van der Waals surface area contributed by atoms with Gasteiger partial charge in [-0.05, 0) is 76.8 Å². The third-order valence-corrected chi connectivity index (χ3v) is 8.59. The molecule has 2 amide bonds. The van der Waals surface area contributed by atoms with Gasteiger partial charge in [0.15, 0.2) is 0 Å². The van der Waals surface area contributed by atoms with E-state index in [1.54, 1.807) is 12.2 Å². The summed E-state index contributed by atoms with van der Waals surface area (Å²) in [4.78, 5) is 28.2. The first-order chi connectivity index (χ1) is 20.9. The largest absolute Gasteiger partial charge is 0.507 e. The van der Waals surface area contributed by atoms with E-state index in [1.807, 2.05) is 36.1 Å². The lowest BCUT2D eigenvalue weighted by molar-refractivity contribution is -0.119. The monoisotopic (exact) mass is 634 g/mol. The maximum Gasteiger partial charge on any atom is 0.243 e. The quantitative estimate of drug-likeness (QED) is 0.179. The molecule has 3 N–H and O–H groups in total. The summed E-state index contributed by atoms with van der Waals surface area (Å²) in [5.41, 5.74) is 3.96. The SMILES string of the molecule is CCC(=O)N(c1cc(C(C)(C)C)c(O)c(C(C)(C)C)c1)C(CC)CCCNC(=O)C=Cc1cc(C(C)(C)C)c(O)c(C(C)(C)C)c1. The van der Waals surface area contributed by atoms with Crippen molar-refractivity contribution in [2.24, 2.45) is 0 Å². The fourth-order valence-electron chi connectivity index (χ4n) is 5.82. The van der Waals surface area contributed by atoms with Gasteiger partial charge in [0.2, 0.25) is 11.8 Å². The van der Waals surface area contributed by atoms with Crippen LogP contribution in [0.4, 0.5) is 5.69 Å². The number of carbonyl (C=O) groups is 2. The zero-order valence-electron chi connectivity index (χ0n) is 31.2. The van der Waals surface area contributed by atoms with E-state index in [-0.39, 0.29) is 39.5 Å². The number of anilines is 1. The zero-order valence-corrected chi connectivity index (χ0v) is 31.2. The third kappa shape index (κ3) is 9.86. The van der Waals surface area contributed by atoms with E-state index >= 15 is 0 Å². The first-order valence-corrected chi connectivity index (χ1v) is 17.0. The van der Waals surface area contributed by atoms with Gasteiger partial charge in [0.25, 0.3) is 0 Å². The highest BCUT2D eigenvalue weighted by atomic mass is 16.3. The number of phenols is 2. The van der Waals surface area contributed by atoms with Crippen molar-refractivity contribution < 1.29 is 19.8 Å². The minimum atomic E-state index is -0.302. The molecule has 0 heterocycles. The second kappa shape index (κ2) is 14.6. The van der Waals surface area contributed by atoms with Crippen molar-refractivity contribution in [1.82, 2.24) is 5.32 Å². The lowest BCUT2D eigenvalue weighted by atomic mass is 9.78. The fourth-order valence-corrected chi connectivity index (χ4v) is 5.82. The molecule has 256 valence electrons. The van der Waals surface area contributed by atoms with Gasteiger partial charge >= 0.3 is 0 Å². The van der Waals surface area contributed by atoms with E-state index in [2.05, 4.69) is 95.3 Å². The Morgan fingerprint density at radius 2 is 1.15 bits per heavy atom. The third-order valence-electron chi connectivity index (χ3n) is 8.59. The van der Waals surface area contributed by atoms with Crippen molar-refractivity contribution in [2.75, 3.05) is 11.4 Å². The minimum Gasteiger partial charge on any atom is -0.507 e. The van der Waals surface area contributed by atoms with Crippen molar-refractivity contribution in [3.8, 4) is 11.5 Å². The van der Waals surface area contributed by atoms with Crippen LogP contribution < -0.4 is 10.2 Å². The number of benzene rings is 2. The lowest BCUT2D eigenvalue weighted by Crippen LogP contribution is -2.41. The predicted molar refractivity (Wildman–Crippen MR) is 194 cm³/mol. The highest BCUT2D eigenvalue weighted by Crippen LogP contribution is 2.43. The molecule has 2 aromatic carbocycles. The number of hydrogen-bond acceptors (Lipinski definition) is 4. The summed E-state index contributed by atoms with van der Waals surface area (Å²) in [6, 6.07) is 7.83. The molecule has 0 aliphatic heterocycles. The number of aromatic hydroxyl groups is 2. The van der Waals surface area contributed by atoms with Gasteiger partial charge in [0.05, 0.1) is 0 Å². The van der Waals surface area contributed by atoms with E-state index in [9.17, 15) is 19.8 Å². The maximum atomic E-state index is 13.4. The van der Waals surface area contributed by atoms with Crippen LogP contribution in [0.15, 0.2) is 30.3 Å². The molecule has 0 aromatic heterocycles. The molecule has 0 radical (unpaired) electrons. The Labute approximate surface area is 279 Å². The van der Waals surface area contributed by atoms with Crippen molar-refractivity contribution in [3.05, 3.63) is 58.2 Å². The first-order valence-electron chi connectivity index (χ1n) is 17.0. The molecule has 0 aliphatic rings. The Balaban J connectivity index is 2.26. The summed E-state index contributed by atoms with van der Waals surface area (Å²) >= 11 is 0. The van der Waals surface area contributed by atoms with Gasteiger partial charge in [0.1, 0.15) is 11.5 Å². The van der Waals surface area contributed by atoms with Gasteiger partial charge in [0, 0.05) is 53.0 Å². The number of hydrogen-bond donors (Lipinski definition) is 3. The smallest absolute Gasteiger partial charge is 0.243 e. The number of amides is 2. The Morgan fingerprint density at radius 1 is 0.739 bits per heavy atom. The Morgan fingerprint density at radius 3 is 1.52 bits per heavy atom. The summed E-state index contributed by atoms with van der Waals surface area (Å²) in [6.07, 6.45) is 5.94. The average molecular weight is 635 g/mol. The molecule has 1 unspecified atom stereocenters. The van der Waals surface area contributed by atoms with Crippen LogP contribution in [0.25, 0.3) is 6.08 Å². The van der Waals surface area contributed by atoms with E-state index in [0.717, 1.165) is 46.3 Å². The summed E-state index contributed by atoms with van der Waals surface area (Å²) in [7, 11) is 0. The second-order valence-corrected chi connectivity index (χ2v) is 16.8. The molecule has 2 rings (SSSR count). The fraction of sp³-hybridized carbons (Fsp3) is 0.600. The van der Waals surface area contributed by atoms with Gasteiger partial charge in [-0.3, -0.25) is 9.59 Å². The molecule has 0 saturated carbocycles. The van der Waals surface area contributed by atoms with Crippen LogP contribution in [0, 0.1) is 0 Å². The van der Waals surface area contributed by atoms with Crippen LogP contribution in [0.1, 0.15) is 150 Å². The molecule has 46 heavy (non-hydrogen) atoms. The van der Waals surface area contributed by atoms with Crippen molar-refractivity contribution in [3.63, 3.8) is 0 Å². The van der Waals surface area contributed by atoms with Crippen LogP contribution >= 0.6 is 0 Å². The molecule has 0 saturated heterocycles. The number of carbonyl (C=O) groups excluding carboxylic acids is 2. The first kappa shape index (κ1) is 38.9. The standard InChI is InChI=1S/C40H62N2O4/c1-15-27(42(34(44)16-2)28-24-31(39(9,10)11)36(46)32(25-28)40(12,13)14)18-17-21-41-33(43)20-19-26-22-29(37(3,4)5)35(45)30(23-26)38(6,7)8/h19-20,22-25,27,45-46H,15-18,21H2,1-14H3,(H,41,43). The topological polar surface area (TPSA) is 89.9 Å². The molecule has 0 bridgehead atoms. The number of rotatable bonds is 10. The molecule has 1 atom stereocenters. The molecular formula is C40H62N2O4. The Hall–Kier alpha value is -3.28. The molecular weight excluding hydrogens is 572 g/mol. The summed E-state index contributed by atoms with van der Waals surface area (Å²) < 4.78 is 0. The summed E-state index contributed by atoms with van der Waals surface area (Å²) in [6.45, 7) is 29.3. The van der Waals surface area contributed by atoms with Crippen LogP contribution in [0.3, 0.4) is 0 Å². The number of nitrogens with one attached hydrogen (secondary N) is 1. The zero-order chi connectivity index (χ0) is 35.4. The second-order valence-electron chi connectivity index (χ2n) is 16.8. The van der Waals surface area contributed by atoms with Gasteiger partial charge in [-0.25, -0.2) is 0 Å². The van der Waals surface area contributed by atoms with Crippen LogP contribution in [-0.2, 0) is 31.2 Å². The molecule has 0 fully saturated rings. The van der Waals surface area contributed by atoms with Crippen LogP contribution in [0.5, 0.6) is 11.5 Å². The molecule has 0 aliphatic carbocycles. The normalized spacial score (nSPS) is 13.6. The van der Waals surface area contributed by atoms with Crippen molar-refractivity contribution in [1.29, 1.82) is 0 Å². The number of nitrogens with zero attached hydrogens (tertiary/aromatic N) is 1.